The van der Waals surface area contributed by atoms with Gasteiger partial charge < -0.3 is 31.5 Å². The van der Waals surface area contributed by atoms with Crippen LogP contribution in [0.15, 0.2) is 11.1 Å². The minimum atomic E-state index is -1.61. The van der Waals surface area contributed by atoms with E-state index in [0.29, 0.717) is 0 Å². The summed E-state index contributed by atoms with van der Waals surface area (Å²) >= 11 is 0. The lowest BCUT2D eigenvalue weighted by Gasteiger charge is -2.25. The Bertz CT molecular complexity index is 668. The van der Waals surface area contributed by atoms with Crippen LogP contribution >= 0.6 is 0 Å². The third kappa shape index (κ3) is 4.34. The first-order chi connectivity index (χ1) is 12.2. The third-order valence-electron chi connectivity index (χ3n) is 3.85. The summed E-state index contributed by atoms with van der Waals surface area (Å²) < 4.78 is 0. The van der Waals surface area contributed by atoms with E-state index in [4.69, 9.17) is 0 Å². The van der Waals surface area contributed by atoms with Crippen LogP contribution < -0.4 is 21.3 Å². The number of carbonyl (C=O) groups excluding carboxylic acids is 4. The highest BCUT2D eigenvalue weighted by atomic mass is 16.4. The fourth-order valence-electron chi connectivity index (χ4n) is 2.58. The summed E-state index contributed by atoms with van der Waals surface area (Å²) in [4.78, 5) is 69.3. The van der Waals surface area contributed by atoms with Crippen LogP contribution in [0.25, 0.3) is 0 Å². The molecule has 0 aliphatic carbocycles. The smallest absolute Gasteiger partial charge is 0.332 e. The molecule has 12 heteroatoms. The molecule has 4 amide bonds. The Kier molecular flexibility index (Phi) is 5.54. The van der Waals surface area contributed by atoms with Crippen LogP contribution in [0, 0.1) is 0 Å². The number of piperazine rings is 2. The summed E-state index contributed by atoms with van der Waals surface area (Å²) in [6.07, 6.45) is -1.17. The zero-order valence-corrected chi connectivity index (χ0v) is 13.3. The first kappa shape index (κ1) is 18.9. The second kappa shape index (κ2) is 7.63. The number of nitrogens with one attached hydrogen (secondary N) is 4. The molecule has 0 aromatic rings. The van der Waals surface area contributed by atoms with E-state index in [1.165, 1.54) is 0 Å². The van der Waals surface area contributed by atoms with Gasteiger partial charge in [-0.25, -0.2) is 9.59 Å². The van der Waals surface area contributed by atoms with E-state index in [2.05, 4.69) is 21.3 Å². The standard InChI is InChI=1S/C14H16N4O8/c19-9-3-15-11(21)7(17-9)1-5(13(23)24)6(14(25)26)2-8-12(22)16-4-10(20)18-8/h7-8H,1-4H2,(H,15,21)(H,16,22)(H,17,19)(H,18,20)(H,23,24)(H,25,26)/b6-5+. The van der Waals surface area contributed by atoms with Gasteiger partial charge >= 0.3 is 11.9 Å². The number of carboxylic acids is 2. The normalized spacial score (nSPS) is 23.8. The Hall–Kier alpha value is -3.44. The molecule has 6 N–H and O–H groups in total. The monoisotopic (exact) mass is 368 g/mol. The molecule has 26 heavy (non-hydrogen) atoms. The highest BCUT2D eigenvalue weighted by Gasteiger charge is 2.34. The number of carbonyl (C=O) groups is 6. The maximum atomic E-state index is 11.8. The maximum absolute atomic E-state index is 11.8. The number of rotatable bonds is 6. The van der Waals surface area contributed by atoms with Crippen molar-refractivity contribution in [3.63, 3.8) is 0 Å². The molecular weight excluding hydrogens is 352 g/mol. The Morgan fingerprint density at radius 1 is 0.769 bits per heavy atom. The fraction of sp³-hybridized carbons (Fsp3) is 0.429. The van der Waals surface area contributed by atoms with Gasteiger partial charge in [0.05, 0.1) is 24.2 Å². The molecule has 2 unspecified atom stereocenters. The van der Waals surface area contributed by atoms with Crippen LogP contribution in [0.1, 0.15) is 12.8 Å². The van der Waals surface area contributed by atoms with Crippen molar-refractivity contribution >= 4 is 35.6 Å². The second-order valence-electron chi connectivity index (χ2n) is 5.65. The molecule has 0 radical (unpaired) electrons. The molecule has 0 aromatic heterocycles. The lowest BCUT2D eigenvalue weighted by Crippen LogP contribution is -2.57. The summed E-state index contributed by atoms with van der Waals surface area (Å²) in [7, 11) is 0. The summed E-state index contributed by atoms with van der Waals surface area (Å²) in [6, 6.07) is -2.52. The largest absolute Gasteiger partial charge is 0.478 e. The number of aliphatic carboxylic acids is 2. The lowest BCUT2D eigenvalue weighted by molar-refractivity contribution is -0.137. The van der Waals surface area contributed by atoms with Crippen molar-refractivity contribution < 1.29 is 39.0 Å². The average Bonchev–Trinajstić information content (AvgIpc) is 2.56. The zero-order chi connectivity index (χ0) is 19.4. The molecule has 0 aromatic carbocycles. The molecular formula is C14H16N4O8. The first-order valence-electron chi connectivity index (χ1n) is 7.51. The van der Waals surface area contributed by atoms with E-state index < -0.39 is 71.6 Å². The third-order valence-corrected chi connectivity index (χ3v) is 3.85. The lowest BCUT2D eigenvalue weighted by atomic mass is 9.94. The van der Waals surface area contributed by atoms with Crippen LogP contribution in [0.4, 0.5) is 0 Å². The number of hydrogen-bond acceptors (Lipinski definition) is 6. The van der Waals surface area contributed by atoms with Crippen molar-refractivity contribution in [2.24, 2.45) is 0 Å². The number of hydrogen-bond donors (Lipinski definition) is 6. The van der Waals surface area contributed by atoms with Gasteiger partial charge in [0.25, 0.3) is 0 Å². The Morgan fingerprint density at radius 2 is 1.12 bits per heavy atom. The van der Waals surface area contributed by atoms with Crippen molar-refractivity contribution in [2.45, 2.75) is 24.9 Å². The molecule has 0 saturated carbocycles. The van der Waals surface area contributed by atoms with Gasteiger partial charge in [0, 0.05) is 12.8 Å². The zero-order valence-electron chi connectivity index (χ0n) is 13.3. The molecule has 12 nitrogen and oxygen atoms in total. The number of amides is 4. The van der Waals surface area contributed by atoms with E-state index >= 15 is 0 Å². The van der Waals surface area contributed by atoms with E-state index in [1.807, 2.05) is 0 Å². The Morgan fingerprint density at radius 3 is 1.42 bits per heavy atom. The van der Waals surface area contributed by atoms with Crippen molar-refractivity contribution in [3.8, 4) is 0 Å². The van der Waals surface area contributed by atoms with Crippen LogP contribution in [-0.4, -0.2) is 71.0 Å². The van der Waals surface area contributed by atoms with Gasteiger partial charge in [-0.1, -0.05) is 0 Å². The van der Waals surface area contributed by atoms with Gasteiger partial charge in [0.1, 0.15) is 12.1 Å². The van der Waals surface area contributed by atoms with Crippen molar-refractivity contribution in [2.75, 3.05) is 13.1 Å². The molecule has 0 spiro atoms. The van der Waals surface area contributed by atoms with Crippen LogP contribution in [0.3, 0.4) is 0 Å². The molecule has 2 aliphatic rings. The minimum absolute atomic E-state index is 0.262. The highest BCUT2D eigenvalue weighted by Crippen LogP contribution is 2.19. The van der Waals surface area contributed by atoms with E-state index in [-0.39, 0.29) is 13.1 Å². The average molecular weight is 368 g/mol. The molecule has 2 heterocycles. The number of carboxylic acid groups (broad SMARTS) is 2. The van der Waals surface area contributed by atoms with Crippen molar-refractivity contribution in [3.05, 3.63) is 11.1 Å². The molecule has 2 saturated heterocycles. The highest BCUT2D eigenvalue weighted by molar-refractivity contribution is 6.02. The summed E-state index contributed by atoms with van der Waals surface area (Å²) in [6.45, 7) is -0.525. The molecule has 2 aliphatic heterocycles. The van der Waals surface area contributed by atoms with Crippen LogP contribution in [-0.2, 0) is 28.8 Å². The molecule has 2 atom stereocenters. The quantitative estimate of drug-likeness (QED) is 0.260. The van der Waals surface area contributed by atoms with Crippen LogP contribution in [0.2, 0.25) is 0 Å². The second-order valence-corrected chi connectivity index (χ2v) is 5.65. The molecule has 2 rings (SSSR count). The van der Waals surface area contributed by atoms with E-state index in [0.717, 1.165) is 0 Å². The Labute approximate surface area is 146 Å². The van der Waals surface area contributed by atoms with Gasteiger partial charge in [-0.05, 0) is 0 Å². The van der Waals surface area contributed by atoms with Gasteiger partial charge in [-0.15, -0.1) is 0 Å². The topological polar surface area (TPSA) is 191 Å². The molecule has 2 fully saturated rings. The van der Waals surface area contributed by atoms with Gasteiger partial charge in [-0.3, -0.25) is 19.2 Å². The molecule has 140 valence electrons. The summed E-state index contributed by atoms with van der Waals surface area (Å²) in [5.74, 6) is -5.63. The molecule has 0 bridgehead atoms. The SMILES string of the molecule is O=C1CNC(=O)C(C/C(C(=O)O)=C(/CC2NC(=O)CNC2=O)C(=O)O)N1. The maximum Gasteiger partial charge on any atom is 0.332 e. The van der Waals surface area contributed by atoms with Gasteiger partial charge in [0.2, 0.25) is 23.6 Å². The van der Waals surface area contributed by atoms with Crippen molar-refractivity contribution in [1.82, 2.24) is 21.3 Å². The van der Waals surface area contributed by atoms with E-state index in [1.54, 1.807) is 0 Å². The fourth-order valence-corrected chi connectivity index (χ4v) is 2.58. The van der Waals surface area contributed by atoms with Crippen molar-refractivity contribution in [1.29, 1.82) is 0 Å². The van der Waals surface area contributed by atoms with Gasteiger partial charge in [-0.2, -0.15) is 0 Å². The minimum Gasteiger partial charge on any atom is -0.478 e. The van der Waals surface area contributed by atoms with Gasteiger partial charge in [0.15, 0.2) is 0 Å². The Balaban J connectivity index is 2.31. The first-order valence-corrected chi connectivity index (χ1v) is 7.51. The summed E-state index contributed by atoms with van der Waals surface area (Å²) in [5.41, 5.74) is -1.29. The predicted molar refractivity (Wildman–Crippen MR) is 81.4 cm³/mol. The van der Waals surface area contributed by atoms with E-state index in [9.17, 15) is 39.0 Å². The summed E-state index contributed by atoms with van der Waals surface area (Å²) in [5, 5.41) is 27.8. The van der Waals surface area contributed by atoms with Crippen LogP contribution in [0.5, 0.6) is 0 Å². The predicted octanol–water partition coefficient (Wildman–Crippen LogP) is -3.54.